The van der Waals surface area contributed by atoms with Crippen LogP contribution in [0, 0.1) is 0 Å². The SMILES string of the molecule is C[SiH](C)O[Si](CC(F)(F)C(F)F)(CC(F)(F)C(F)F)C(F)(F)C(F)F. The van der Waals surface area contributed by atoms with Gasteiger partial charge in [0.25, 0.3) is 14.7 Å². The molecule has 0 aliphatic heterocycles. The molecule has 152 valence electrons. The van der Waals surface area contributed by atoms with Crippen LogP contribution in [0.25, 0.3) is 0 Å². The van der Waals surface area contributed by atoms with Gasteiger partial charge in [0.05, 0.1) is 0 Å². The molecule has 0 saturated carbocycles. The summed E-state index contributed by atoms with van der Waals surface area (Å²) < 4.78 is 160. The monoisotopic (exact) mass is 434 g/mol. The van der Waals surface area contributed by atoms with E-state index >= 15 is 0 Å². The van der Waals surface area contributed by atoms with Gasteiger partial charge in [-0.2, -0.15) is 0 Å². The molecule has 0 aromatic rings. The molecule has 25 heavy (non-hydrogen) atoms. The number of alkyl halides is 12. The van der Waals surface area contributed by atoms with Crippen LogP contribution < -0.4 is 0 Å². The van der Waals surface area contributed by atoms with Crippen LogP contribution in [0.5, 0.6) is 0 Å². The van der Waals surface area contributed by atoms with Crippen molar-refractivity contribution in [2.75, 3.05) is 0 Å². The predicted molar refractivity (Wildman–Crippen MR) is 68.2 cm³/mol. The summed E-state index contributed by atoms with van der Waals surface area (Å²) in [5, 5.41) is 0. The Kier molecular flexibility index (Phi) is 7.92. The fourth-order valence-electron chi connectivity index (χ4n) is 2.03. The highest BCUT2D eigenvalue weighted by Crippen LogP contribution is 2.49. The Labute approximate surface area is 137 Å². The second kappa shape index (κ2) is 8.06. The first-order valence-corrected chi connectivity index (χ1v) is 11.7. The molecule has 0 saturated heterocycles. The van der Waals surface area contributed by atoms with Crippen LogP contribution in [0.3, 0.4) is 0 Å². The number of hydrogen-bond donors (Lipinski definition) is 0. The molecule has 0 rings (SSSR count). The molecular formula is C10H14F12OSi2. The smallest absolute Gasteiger partial charge is 0.314 e. The lowest BCUT2D eigenvalue weighted by molar-refractivity contribution is -0.137. The summed E-state index contributed by atoms with van der Waals surface area (Å²) in [4.78, 5) is 0. The first-order valence-electron chi connectivity index (χ1n) is 6.57. The summed E-state index contributed by atoms with van der Waals surface area (Å²) in [6.45, 7) is 1.87. The lowest BCUT2D eigenvalue weighted by Gasteiger charge is -2.42. The summed E-state index contributed by atoms with van der Waals surface area (Å²) >= 11 is 0. The number of rotatable bonds is 10. The minimum atomic E-state index is -6.53. The van der Waals surface area contributed by atoms with Gasteiger partial charge >= 0.3 is 30.2 Å². The number of hydrogen-bond acceptors (Lipinski definition) is 1. The molecule has 0 spiro atoms. The lowest BCUT2D eigenvalue weighted by atomic mass is 10.4. The molecular weight excluding hydrogens is 420 g/mol. The summed E-state index contributed by atoms with van der Waals surface area (Å²) in [7, 11) is -9.61. The van der Waals surface area contributed by atoms with E-state index in [0.29, 0.717) is 0 Å². The van der Waals surface area contributed by atoms with Crippen LogP contribution in [-0.2, 0) is 4.12 Å². The molecule has 0 aliphatic rings. The second-order valence-corrected chi connectivity index (χ2v) is 12.0. The molecule has 15 heteroatoms. The number of halogens is 12. The van der Waals surface area contributed by atoms with Crippen molar-refractivity contribution in [3.05, 3.63) is 0 Å². The topological polar surface area (TPSA) is 9.23 Å². The Morgan fingerprint density at radius 1 is 0.720 bits per heavy atom. The average Bonchev–Trinajstić information content (AvgIpc) is 2.35. The van der Waals surface area contributed by atoms with Gasteiger partial charge in [0.2, 0.25) is 0 Å². The molecule has 0 unspecified atom stereocenters. The molecule has 0 N–H and O–H groups in total. The van der Waals surface area contributed by atoms with Gasteiger partial charge < -0.3 is 4.12 Å². The summed E-state index contributed by atoms with van der Waals surface area (Å²) in [5.41, 5.74) is -5.68. The van der Waals surface area contributed by atoms with Gasteiger partial charge in [-0.25, -0.2) is 52.7 Å². The Morgan fingerprint density at radius 2 is 1.04 bits per heavy atom. The first kappa shape index (κ1) is 24.6. The largest absolute Gasteiger partial charge is 0.454 e. The zero-order chi connectivity index (χ0) is 20.4. The van der Waals surface area contributed by atoms with E-state index < -0.39 is 66.1 Å². The Hall–Kier alpha value is -0.446. The highest BCUT2D eigenvalue weighted by molar-refractivity contribution is 6.82. The maximum absolute atomic E-state index is 13.9. The summed E-state index contributed by atoms with van der Waals surface area (Å²) in [6.07, 6.45) is -14.2. The fraction of sp³-hybridized carbons (Fsp3) is 1.00. The van der Waals surface area contributed by atoms with E-state index in [0.717, 1.165) is 13.1 Å². The van der Waals surface area contributed by atoms with Crippen molar-refractivity contribution in [3.8, 4) is 0 Å². The van der Waals surface area contributed by atoms with E-state index in [4.69, 9.17) is 0 Å². The van der Waals surface area contributed by atoms with Crippen LogP contribution in [0.15, 0.2) is 0 Å². The molecule has 0 bridgehead atoms. The van der Waals surface area contributed by atoms with Crippen LogP contribution in [0.1, 0.15) is 0 Å². The van der Waals surface area contributed by atoms with E-state index in [1.54, 1.807) is 0 Å². The molecule has 0 heterocycles. The summed E-state index contributed by atoms with van der Waals surface area (Å²) in [5.74, 6) is -10.8. The van der Waals surface area contributed by atoms with Gasteiger partial charge in [0, 0.05) is 12.1 Å². The van der Waals surface area contributed by atoms with Crippen LogP contribution >= 0.6 is 0 Å². The third-order valence-electron chi connectivity index (χ3n) is 3.02. The molecule has 0 amide bonds. The quantitative estimate of drug-likeness (QED) is 0.341. The van der Waals surface area contributed by atoms with Crippen molar-refractivity contribution in [2.24, 2.45) is 0 Å². The van der Waals surface area contributed by atoms with Crippen molar-refractivity contribution in [1.82, 2.24) is 0 Å². The van der Waals surface area contributed by atoms with Crippen molar-refractivity contribution < 1.29 is 56.8 Å². The van der Waals surface area contributed by atoms with E-state index in [9.17, 15) is 52.7 Å². The minimum Gasteiger partial charge on any atom is -0.454 e. The molecule has 0 radical (unpaired) electrons. The molecule has 0 fully saturated rings. The van der Waals surface area contributed by atoms with Crippen LogP contribution in [-0.4, -0.2) is 54.0 Å². The molecule has 1 nitrogen and oxygen atoms in total. The molecule has 0 aromatic heterocycles. The van der Waals surface area contributed by atoms with Gasteiger partial charge in [0.15, 0.2) is 9.04 Å². The van der Waals surface area contributed by atoms with E-state index in [1.807, 2.05) is 0 Å². The molecule has 0 aliphatic carbocycles. The normalized spacial score (nSPS) is 15.1. The van der Waals surface area contributed by atoms with Crippen molar-refractivity contribution in [1.29, 1.82) is 0 Å². The highest BCUT2D eigenvalue weighted by atomic mass is 28.4. The second-order valence-electron chi connectivity index (χ2n) is 5.56. The minimum absolute atomic E-state index is 0.935. The lowest BCUT2D eigenvalue weighted by Crippen LogP contribution is -2.66. The average molecular weight is 434 g/mol. The van der Waals surface area contributed by atoms with Gasteiger partial charge in [-0.1, -0.05) is 0 Å². The van der Waals surface area contributed by atoms with E-state index in [1.165, 1.54) is 0 Å². The Balaban J connectivity index is 6.36. The summed E-state index contributed by atoms with van der Waals surface area (Å²) in [6, 6.07) is -5.69. The fourth-order valence-corrected chi connectivity index (χ4v) is 9.76. The standard InChI is InChI=1S/C10H14F12OSi2/c1-24(2)23-25(10(21,22)7(15)16,3-8(17,18)5(11)12)4-9(19,20)6(13)14/h5-7,24H,3-4H2,1-2H3. The van der Waals surface area contributed by atoms with Crippen LogP contribution in [0.2, 0.25) is 25.2 Å². The van der Waals surface area contributed by atoms with Crippen molar-refractivity contribution >= 4 is 17.4 Å². The van der Waals surface area contributed by atoms with Gasteiger partial charge in [-0.3, -0.25) is 0 Å². The van der Waals surface area contributed by atoms with E-state index in [-0.39, 0.29) is 0 Å². The maximum atomic E-state index is 13.9. The Bertz CT molecular complexity index is 406. The van der Waals surface area contributed by atoms with Gasteiger partial charge in [0.1, 0.15) is 0 Å². The molecule has 0 aromatic carbocycles. The first-order chi connectivity index (χ1) is 10.9. The predicted octanol–water partition coefficient (Wildman–Crippen LogP) is 5.17. The van der Waals surface area contributed by atoms with Crippen LogP contribution in [0.4, 0.5) is 52.7 Å². The zero-order valence-electron chi connectivity index (χ0n) is 12.7. The molecule has 0 atom stereocenters. The zero-order valence-corrected chi connectivity index (χ0v) is 14.8. The van der Waals surface area contributed by atoms with Gasteiger partial charge in [-0.05, 0) is 13.1 Å². The van der Waals surface area contributed by atoms with Crippen molar-refractivity contribution in [3.63, 3.8) is 0 Å². The highest BCUT2D eigenvalue weighted by Gasteiger charge is 2.71. The third kappa shape index (κ3) is 5.77. The van der Waals surface area contributed by atoms with Crippen molar-refractivity contribution in [2.45, 2.75) is 61.8 Å². The third-order valence-corrected chi connectivity index (χ3v) is 10.2. The van der Waals surface area contributed by atoms with Gasteiger partial charge in [-0.15, -0.1) is 0 Å². The maximum Gasteiger partial charge on any atom is 0.314 e. The van der Waals surface area contributed by atoms with E-state index in [2.05, 4.69) is 4.12 Å². The Morgan fingerprint density at radius 3 is 1.24 bits per heavy atom.